The second-order valence-electron chi connectivity index (χ2n) is 5.39. The maximum Gasteiger partial charge on any atom is 0.251 e. The summed E-state index contributed by atoms with van der Waals surface area (Å²) in [6.45, 7) is 1.78. The first kappa shape index (κ1) is 18.7. The first-order chi connectivity index (χ1) is 12.0. The van der Waals surface area contributed by atoms with Gasteiger partial charge in [0.25, 0.3) is 5.91 Å². The molecule has 0 spiro atoms. The van der Waals surface area contributed by atoms with E-state index in [9.17, 15) is 18.0 Å². The van der Waals surface area contributed by atoms with Crippen LogP contribution in [0.2, 0.25) is 0 Å². The molecular weight excluding hydrogens is 340 g/mol. The minimum atomic E-state index is -3.28. The molecule has 0 bridgehead atoms. The van der Waals surface area contributed by atoms with E-state index in [-0.39, 0.29) is 23.1 Å². The molecule has 1 atom stereocenters. The summed E-state index contributed by atoms with van der Waals surface area (Å²) in [5.74, 6) is -0.253. The molecule has 25 heavy (non-hydrogen) atoms. The van der Waals surface area contributed by atoms with Gasteiger partial charge in [0.2, 0.25) is 6.41 Å². The molecule has 2 amide bonds. The van der Waals surface area contributed by atoms with Gasteiger partial charge in [-0.15, -0.1) is 0 Å². The van der Waals surface area contributed by atoms with E-state index < -0.39 is 15.9 Å². The Hall–Kier alpha value is -2.67. The van der Waals surface area contributed by atoms with E-state index in [1.165, 1.54) is 12.1 Å². The van der Waals surface area contributed by atoms with Gasteiger partial charge < -0.3 is 10.6 Å². The fraction of sp³-hybridized carbons (Fsp3) is 0.222. The number of carbonyl (C=O) groups excluding carboxylic acids is 2. The predicted octanol–water partition coefficient (Wildman–Crippen LogP) is 1.70. The molecule has 6 nitrogen and oxygen atoms in total. The van der Waals surface area contributed by atoms with Crippen LogP contribution < -0.4 is 10.6 Å². The molecule has 2 N–H and O–H groups in total. The van der Waals surface area contributed by atoms with Crippen molar-refractivity contribution in [2.45, 2.75) is 17.9 Å². The Labute approximate surface area is 147 Å². The summed E-state index contributed by atoms with van der Waals surface area (Å²) >= 11 is 0. The molecule has 0 saturated carbocycles. The maximum atomic E-state index is 12.3. The van der Waals surface area contributed by atoms with Crippen molar-refractivity contribution in [1.82, 2.24) is 10.6 Å². The Balaban J connectivity index is 2.22. The number of benzene rings is 2. The van der Waals surface area contributed by atoms with Crippen molar-refractivity contribution in [3.05, 3.63) is 65.7 Å². The fourth-order valence-corrected chi connectivity index (χ4v) is 3.21. The number of amides is 2. The molecule has 0 aromatic heterocycles. The highest BCUT2D eigenvalue weighted by atomic mass is 32.2. The van der Waals surface area contributed by atoms with Crippen molar-refractivity contribution in [3.63, 3.8) is 0 Å². The molecule has 2 aromatic rings. The summed E-state index contributed by atoms with van der Waals surface area (Å²) in [7, 11) is -3.28. The van der Waals surface area contributed by atoms with Crippen molar-refractivity contribution in [2.75, 3.05) is 12.3 Å². The molecule has 0 heterocycles. The average molecular weight is 360 g/mol. The van der Waals surface area contributed by atoms with Crippen molar-refractivity contribution in [2.24, 2.45) is 0 Å². The summed E-state index contributed by atoms with van der Waals surface area (Å²) < 4.78 is 23.8. The van der Waals surface area contributed by atoms with Gasteiger partial charge in [-0.2, -0.15) is 0 Å². The van der Waals surface area contributed by atoms with E-state index in [2.05, 4.69) is 10.6 Å². The van der Waals surface area contributed by atoms with Gasteiger partial charge in [0.1, 0.15) is 0 Å². The lowest BCUT2D eigenvalue weighted by Gasteiger charge is -2.19. The SMILES string of the molecule is CCS(=O)(=O)c1ccc([C@H](CNC=O)NC(=O)c2ccccc2)cc1. The Morgan fingerprint density at radius 3 is 2.28 bits per heavy atom. The molecule has 0 radical (unpaired) electrons. The fourth-order valence-electron chi connectivity index (χ4n) is 2.32. The highest BCUT2D eigenvalue weighted by Crippen LogP contribution is 2.18. The van der Waals surface area contributed by atoms with Gasteiger partial charge in [0.05, 0.1) is 16.7 Å². The van der Waals surface area contributed by atoms with Crippen LogP contribution in [0.15, 0.2) is 59.5 Å². The van der Waals surface area contributed by atoms with Crippen LogP contribution in [0.1, 0.15) is 28.9 Å². The summed E-state index contributed by atoms with van der Waals surface area (Å²) in [6.07, 6.45) is 0.553. The monoisotopic (exact) mass is 360 g/mol. The van der Waals surface area contributed by atoms with E-state index >= 15 is 0 Å². The van der Waals surface area contributed by atoms with Crippen LogP contribution in [-0.4, -0.2) is 33.0 Å². The quantitative estimate of drug-likeness (QED) is 0.701. The van der Waals surface area contributed by atoms with Crippen molar-refractivity contribution >= 4 is 22.2 Å². The van der Waals surface area contributed by atoms with Crippen LogP contribution in [0, 0.1) is 0 Å². The van der Waals surface area contributed by atoms with Gasteiger partial charge in [0.15, 0.2) is 9.84 Å². The zero-order valence-corrected chi connectivity index (χ0v) is 14.6. The Morgan fingerprint density at radius 2 is 1.72 bits per heavy atom. The number of carbonyl (C=O) groups is 2. The van der Waals surface area contributed by atoms with Crippen LogP contribution in [0.3, 0.4) is 0 Å². The largest absolute Gasteiger partial charge is 0.356 e. The van der Waals surface area contributed by atoms with Crippen LogP contribution >= 0.6 is 0 Å². The first-order valence-electron chi connectivity index (χ1n) is 7.83. The molecular formula is C18H20N2O4S. The number of sulfone groups is 1. The molecule has 0 aliphatic heterocycles. The van der Waals surface area contributed by atoms with Crippen molar-refractivity contribution in [3.8, 4) is 0 Å². The van der Waals surface area contributed by atoms with E-state index in [1.807, 2.05) is 6.07 Å². The lowest BCUT2D eigenvalue weighted by molar-refractivity contribution is -0.109. The summed E-state index contributed by atoms with van der Waals surface area (Å²) in [5, 5.41) is 5.39. The number of rotatable bonds is 8. The summed E-state index contributed by atoms with van der Waals surface area (Å²) in [5.41, 5.74) is 1.21. The molecule has 2 rings (SSSR count). The van der Waals surface area contributed by atoms with Gasteiger partial charge in [-0.1, -0.05) is 37.3 Å². The Kier molecular flexibility index (Phi) is 6.30. The second kappa shape index (κ2) is 8.43. The lowest BCUT2D eigenvalue weighted by Crippen LogP contribution is -2.35. The zero-order chi connectivity index (χ0) is 18.3. The Bertz CT molecular complexity index is 818. The van der Waals surface area contributed by atoms with Crippen LogP contribution in [0.25, 0.3) is 0 Å². The van der Waals surface area contributed by atoms with E-state index in [0.29, 0.717) is 17.5 Å². The van der Waals surface area contributed by atoms with Crippen LogP contribution in [0.4, 0.5) is 0 Å². The van der Waals surface area contributed by atoms with Crippen LogP contribution in [-0.2, 0) is 14.6 Å². The molecule has 0 fully saturated rings. The third kappa shape index (κ3) is 4.90. The molecule has 0 unspecified atom stereocenters. The smallest absolute Gasteiger partial charge is 0.251 e. The van der Waals surface area contributed by atoms with Gasteiger partial charge in [0, 0.05) is 12.1 Å². The number of nitrogens with one attached hydrogen (secondary N) is 2. The molecule has 132 valence electrons. The molecule has 0 aliphatic carbocycles. The average Bonchev–Trinajstić information content (AvgIpc) is 2.65. The Morgan fingerprint density at radius 1 is 1.08 bits per heavy atom. The minimum Gasteiger partial charge on any atom is -0.356 e. The third-order valence-corrected chi connectivity index (χ3v) is 5.52. The summed E-state index contributed by atoms with van der Waals surface area (Å²) in [6, 6.07) is 14.6. The number of hydrogen-bond donors (Lipinski definition) is 2. The van der Waals surface area contributed by atoms with Gasteiger partial charge >= 0.3 is 0 Å². The minimum absolute atomic E-state index is 0.0210. The highest BCUT2D eigenvalue weighted by Gasteiger charge is 2.17. The molecule has 7 heteroatoms. The van der Waals surface area contributed by atoms with E-state index in [1.54, 1.807) is 43.3 Å². The van der Waals surface area contributed by atoms with E-state index in [0.717, 1.165) is 0 Å². The van der Waals surface area contributed by atoms with Crippen LogP contribution in [0.5, 0.6) is 0 Å². The molecule has 0 saturated heterocycles. The topological polar surface area (TPSA) is 92.3 Å². The molecule has 2 aromatic carbocycles. The van der Waals surface area contributed by atoms with Gasteiger partial charge in [-0.25, -0.2) is 8.42 Å². The normalized spacial score (nSPS) is 12.2. The predicted molar refractivity (Wildman–Crippen MR) is 94.9 cm³/mol. The van der Waals surface area contributed by atoms with Crippen molar-refractivity contribution < 1.29 is 18.0 Å². The van der Waals surface area contributed by atoms with E-state index in [4.69, 9.17) is 0 Å². The lowest BCUT2D eigenvalue weighted by atomic mass is 10.1. The van der Waals surface area contributed by atoms with Gasteiger partial charge in [-0.3, -0.25) is 9.59 Å². The zero-order valence-electron chi connectivity index (χ0n) is 13.8. The standard InChI is InChI=1S/C18H20N2O4S/c1-2-25(23,24)16-10-8-14(9-11-16)17(12-19-13-21)20-18(22)15-6-4-3-5-7-15/h3-11,13,17H,2,12H2,1H3,(H,19,21)(H,20,22)/t17-/m0/s1. The van der Waals surface area contributed by atoms with Crippen molar-refractivity contribution in [1.29, 1.82) is 0 Å². The first-order valence-corrected chi connectivity index (χ1v) is 9.49. The second-order valence-corrected chi connectivity index (χ2v) is 7.67. The third-order valence-electron chi connectivity index (χ3n) is 3.77. The highest BCUT2D eigenvalue weighted by molar-refractivity contribution is 7.91. The van der Waals surface area contributed by atoms with Gasteiger partial charge in [-0.05, 0) is 29.8 Å². The molecule has 0 aliphatic rings. The number of hydrogen-bond acceptors (Lipinski definition) is 4. The summed E-state index contributed by atoms with van der Waals surface area (Å²) in [4.78, 5) is 23.2. The maximum absolute atomic E-state index is 12.3.